The molecule has 10 heteroatoms. The number of nitrogens with one attached hydrogen (secondary N) is 1. The fourth-order valence-electron chi connectivity index (χ4n) is 5.42. The van der Waals surface area contributed by atoms with E-state index < -0.39 is 26.5 Å². The number of esters is 2. The second-order valence-electron chi connectivity index (χ2n) is 13.5. The van der Waals surface area contributed by atoms with Crippen LogP contribution in [0.2, 0.25) is 0 Å². The summed E-state index contributed by atoms with van der Waals surface area (Å²) in [6.45, 7) is 4.18. The van der Waals surface area contributed by atoms with E-state index in [9.17, 15) is 19.0 Å². The number of unbranched alkanes of at least 4 members (excludes halogenated alkanes) is 20. The SMILES string of the molecule is CCCCCC/C=C\CCCCCCCC(=O)OC(COC(=O)CCCCCCC/C=C\CCCCCCCC)COP(=O)(O)OCCNC. The molecule has 0 aliphatic carbocycles. The fraction of sp³-hybridized carbons (Fsp3) is 0.850. The van der Waals surface area contributed by atoms with Crippen molar-refractivity contribution in [3.05, 3.63) is 24.3 Å². The lowest BCUT2D eigenvalue weighted by Gasteiger charge is -2.20. The zero-order valence-corrected chi connectivity index (χ0v) is 33.2. The lowest BCUT2D eigenvalue weighted by molar-refractivity contribution is -0.161. The van der Waals surface area contributed by atoms with Crippen molar-refractivity contribution in [2.45, 2.75) is 187 Å². The highest BCUT2D eigenvalue weighted by atomic mass is 31.2. The number of carbonyl (C=O) groups excluding carboxylic acids is 2. The molecule has 9 nitrogen and oxygen atoms in total. The Hall–Kier alpha value is -1.51. The molecule has 0 rings (SSSR count). The Morgan fingerprint density at radius 1 is 0.600 bits per heavy atom. The maximum absolute atomic E-state index is 12.6. The lowest BCUT2D eigenvalue weighted by atomic mass is 10.1. The summed E-state index contributed by atoms with van der Waals surface area (Å²) in [6.07, 6.45) is 36.4. The number of likely N-dealkylation sites (N-methyl/N-ethyl adjacent to an activating group) is 1. The quantitative estimate of drug-likeness (QED) is 0.0277. The molecule has 0 aliphatic rings. The molecule has 50 heavy (non-hydrogen) atoms. The van der Waals surface area contributed by atoms with Crippen LogP contribution in [0.3, 0.4) is 0 Å². The van der Waals surface area contributed by atoms with Gasteiger partial charge in [0.05, 0.1) is 13.2 Å². The number of phosphoric ester groups is 1. The minimum absolute atomic E-state index is 0.0188. The second-order valence-corrected chi connectivity index (χ2v) is 14.9. The number of ether oxygens (including phenoxy) is 2. The van der Waals surface area contributed by atoms with Crippen molar-refractivity contribution >= 4 is 19.8 Å². The molecule has 2 N–H and O–H groups in total. The van der Waals surface area contributed by atoms with Gasteiger partial charge in [-0.1, -0.05) is 128 Å². The van der Waals surface area contributed by atoms with Gasteiger partial charge in [-0.25, -0.2) is 4.57 Å². The first-order valence-electron chi connectivity index (χ1n) is 20.3. The molecule has 0 bridgehead atoms. The standard InChI is InChI=1S/C40H76NO8P/c1-4-6-8-10-12-14-16-18-19-21-22-24-26-28-30-32-39(42)46-36-38(37-48-50(44,45)47-35-34-41-3)49-40(43)33-31-29-27-25-23-20-17-15-13-11-9-7-5-2/h15,17-19,38,41H,4-14,16,20-37H2,1-3H3,(H,44,45)/b17-15-,19-18-. The highest BCUT2D eigenvalue weighted by molar-refractivity contribution is 7.47. The largest absolute Gasteiger partial charge is 0.472 e. The van der Waals surface area contributed by atoms with Crippen molar-refractivity contribution in [3.8, 4) is 0 Å². The molecule has 0 aromatic rings. The van der Waals surface area contributed by atoms with E-state index >= 15 is 0 Å². The Kier molecular flexibility index (Phi) is 36.1. The average molecular weight is 730 g/mol. The Bertz CT molecular complexity index is 881. The normalized spacial score (nSPS) is 13.6. The van der Waals surface area contributed by atoms with E-state index in [2.05, 4.69) is 43.5 Å². The predicted molar refractivity (Wildman–Crippen MR) is 206 cm³/mol. The number of allylic oxidation sites excluding steroid dienone is 4. The van der Waals surface area contributed by atoms with Crippen molar-refractivity contribution in [3.63, 3.8) is 0 Å². The van der Waals surface area contributed by atoms with Crippen LogP contribution in [-0.2, 0) is 32.7 Å². The maximum atomic E-state index is 12.6. The Balaban J connectivity index is 4.28. The fourth-order valence-corrected chi connectivity index (χ4v) is 6.17. The van der Waals surface area contributed by atoms with Crippen molar-refractivity contribution in [1.82, 2.24) is 5.32 Å². The van der Waals surface area contributed by atoms with Crippen molar-refractivity contribution in [1.29, 1.82) is 0 Å². The molecule has 2 atom stereocenters. The summed E-state index contributed by atoms with van der Waals surface area (Å²) in [4.78, 5) is 34.9. The molecule has 0 aliphatic heterocycles. The molecule has 0 radical (unpaired) electrons. The van der Waals surface area contributed by atoms with Crippen LogP contribution in [0, 0.1) is 0 Å². The van der Waals surface area contributed by atoms with Crippen molar-refractivity contribution in [2.24, 2.45) is 0 Å². The molecule has 0 aromatic heterocycles. The third-order valence-corrected chi connectivity index (χ3v) is 9.53. The van der Waals surface area contributed by atoms with Gasteiger partial charge < -0.3 is 19.7 Å². The first-order valence-corrected chi connectivity index (χ1v) is 21.8. The van der Waals surface area contributed by atoms with Gasteiger partial charge in [0.25, 0.3) is 0 Å². The zero-order valence-electron chi connectivity index (χ0n) is 32.4. The Labute approximate surface area is 306 Å². The molecule has 0 heterocycles. The zero-order chi connectivity index (χ0) is 36.8. The van der Waals surface area contributed by atoms with Crippen molar-refractivity contribution in [2.75, 3.05) is 33.4 Å². The lowest BCUT2D eigenvalue weighted by Crippen LogP contribution is -2.29. The number of phosphoric acid groups is 1. The van der Waals surface area contributed by atoms with Gasteiger partial charge in [0.15, 0.2) is 6.10 Å². The third kappa shape index (κ3) is 36.3. The monoisotopic (exact) mass is 730 g/mol. The van der Waals surface area contributed by atoms with Gasteiger partial charge in [0.1, 0.15) is 6.61 Å². The van der Waals surface area contributed by atoms with Crippen LogP contribution >= 0.6 is 7.82 Å². The van der Waals surface area contributed by atoms with Crippen LogP contribution in [0.5, 0.6) is 0 Å². The molecular formula is C40H76NO8P. The van der Waals surface area contributed by atoms with Crippen LogP contribution in [0.15, 0.2) is 24.3 Å². The van der Waals surface area contributed by atoms with Gasteiger partial charge in [-0.3, -0.25) is 18.6 Å². The number of carbonyl (C=O) groups is 2. The van der Waals surface area contributed by atoms with Gasteiger partial charge in [-0.05, 0) is 71.3 Å². The van der Waals surface area contributed by atoms with E-state index in [1.807, 2.05) is 0 Å². The first kappa shape index (κ1) is 48.5. The van der Waals surface area contributed by atoms with Gasteiger partial charge in [-0.15, -0.1) is 0 Å². The topological polar surface area (TPSA) is 120 Å². The Morgan fingerprint density at radius 3 is 1.50 bits per heavy atom. The molecule has 0 amide bonds. The van der Waals surface area contributed by atoms with Crippen LogP contribution in [0.25, 0.3) is 0 Å². The molecule has 0 aromatic carbocycles. The number of rotatable bonds is 38. The summed E-state index contributed by atoms with van der Waals surface area (Å²) >= 11 is 0. The molecular weight excluding hydrogens is 653 g/mol. The minimum Gasteiger partial charge on any atom is -0.462 e. The van der Waals surface area contributed by atoms with E-state index in [1.165, 1.54) is 77.0 Å². The highest BCUT2D eigenvalue weighted by Crippen LogP contribution is 2.43. The van der Waals surface area contributed by atoms with Crippen molar-refractivity contribution < 1.29 is 37.6 Å². The van der Waals surface area contributed by atoms with Crippen LogP contribution in [-0.4, -0.2) is 56.3 Å². The van der Waals surface area contributed by atoms with Gasteiger partial charge in [0.2, 0.25) is 0 Å². The van der Waals surface area contributed by atoms with Gasteiger partial charge in [-0.2, -0.15) is 0 Å². The van der Waals surface area contributed by atoms with E-state index in [1.54, 1.807) is 7.05 Å². The molecule has 0 saturated carbocycles. The summed E-state index contributed by atoms with van der Waals surface area (Å²) in [5.41, 5.74) is 0. The molecule has 2 unspecified atom stereocenters. The number of hydrogen-bond donors (Lipinski definition) is 2. The predicted octanol–water partition coefficient (Wildman–Crippen LogP) is 11.1. The third-order valence-electron chi connectivity index (χ3n) is 8.54. The molecule has 0 spiro atoms. The first-order chi connectivity index (χ1) is 24.3. The Morgan fingerprint density at radius 2 is 1.02 bits per heavy atom. The highest BCUT2D eigenvalue weighted by Gasteiger charge is 2.26. The minimum atomic E-state index is -4.35. The summed E-state index contributed by atoms with van der Waals surface area (Å²) in [7, 11) is -2.65. The van der Waals surface area contributed by atoms with E-state index in [-0.39, 0.29) is 32.0 Å². The summed E-state index contributed by atoms with van der Waals surface area (Å²) < 4.78 is 33.1. The summed E-state index contributed by atoms with van der Waals surface area (Å²) in [5, 5.41) is 2.82. The smallest absolute Gasteiger partial charge is 0.462 e. The average Bonchev–Trinajstić information content (AvgIpc) is 3.09. The van der Waals surface area contributed by atoms with Gasteiger partial charge >= 0.3 is 19.8 Å². The second kappa shape index (κ2) is 37.3. The maximum Gasteiger partial charge on any atom is 0.472 e. The van der Waals surface area contributed by atoms with Crippen LogP contribution < -0.4 is 5.32 Å². The van der Waals surface area contributed by atoms with E-state index in [4.69, 9.17) is 18.5 Å². The van der Waals surface area contributed by atoms with E-state index in [0.29, 0.717) is 13.0 Å². The molecule has 0 saturated heterocycles. The summed E-state index contributed by atoms with van der Waals surface area (Å²) in [6, 6.07) is 0. The molecule has 294 valence electrons. The van der Waals surface area contributed by atoms with Crippen LogP contribution in [0.4, 0.5) is 0 Å². The van der Waals surface area contributed by atoms with Gasteiger partial charge in [0, 0.05) is 19.4 Å². The summed E-state index contributed by atoms with van der Waals surface area (Å²) in [5.74, 6) is -0.825. The van der Waals surface area contributed by atoms with Crippen LogP contribution in [0.1, 0.15) is 181 Å². The molecule has 0 fully saturated rings. The number of hydrogen-bond acceptors (Lipinski definition) is 8. The van der Waals surface area contributed by atoms with E-state index in [0.717, 1.165) is 70.6 Å².